The highest BCUT2D eigenvalue weighted by Crippen LogP contribution is 2.45. The van der Waals surface area contributed by atoms with Crippen molar-refractivity contribution in [2.45, 2.75) is 386 Å². The lowest BCUT2D eigenvalue weighted by Crippen LogP contribution is -2.30. The summed E-state index contributed by atoms with van der Waals surface area (Å²) < 4.78 is 68.3. The van der Waals surface area contributed by atoms with E-state index in [9.17, 15) is 43.2 Å². The van der Waals surface area contributed by atoms with Crippen molar-refractivity contribution in [1.29, 1.82) is 0 Å². The highest BCUT2D eigenvalue weighted by molar-refractivity contribution is 7.47. The van der Waals surface area contributed by atoms with Crippen LogP contribution in [0.25, 0.3) is 0 Å². The SMILES string of the molecule is CCCCCC/C=C\C=C/CCCCCCCC(=O)OC[C@H](COP(=O)(O)OC[C@@H](O)COP(=O)(O)OC[C@@H](COC(=O)CCCCCCCCCC)OC(=O)CCCCCCCCCCCCC)OC(=O)CCCCCCCCCCCCCCCCCCCCC. The Morgan fingerprint density at radius 3 is 0.785 bits per heavy atom. The molecule has 2 unspecified atom stereocenters. The van der Waals surface area contributed by atoms with Gasteiger partial charge in [-0.2, -0.15) is 0 Å². The Morgan fingerprint density at radius 1 is 0.301 bits per heavy atom. The van der Waals surface area contributed by atoms with Gasteiger partial charge in [0.25, 0.3) is 0 Å². The molecule has 93 heavy (non-hydrogen) atoms. The van der Waals surface area contributed by atoms with E-state index in [2.05, 4.69) is 52.0 Å². The highest BCUT2D eigenvalue weighted by Gasteiger charge is 2.30. The quantitative estimate of drug-likeness (QED) is 0.0169. The zero-order valence-corrected chi connectivity index (χ0v) is 61.5. The van der Waals surface area contributed by atoms with Crippen LogP contribution in [0.5, 0.6) is 0 Å². The number of hydrogen-bond acceptors (Lipinski definition) is 15. The van der Waals surface area contributed by atoms with Gasteiger partial charge in [0.2, 0.25) is 0 Å². The fourth-order valence-electron chi connectivity index (χ4n) is 10.9. The van der Waals surface area contributed by atoms with Gasteiger partial charge in [0.1, 0.15) is 19.3 Å². The summed E-state index contributed by atoms with van der Waals surface area (Å²) in [7, 11) is -9.91. The lowest BCUT2D eigenvalue weighted by atomic mass is 10.0. The van der Waals surface area contributed by atoms with Crippen molar-refractivity contribution < 1.29 is 80.2 Å². The monoisotopic (exact) mass is 1360 g/mol. The van der Waals surface area contributed by atoms with Crippen molar-refractivity contribution in [1.82, 2.24) is 0 Å². The van der Waals surface area contributed by atoms with E-state index in [0.717, 1.165) is 116 Å². The van der Waals surface area contributed by atoms with Crippen molar-refractivity contribution in [3.05, 3.63) is 24.3 Å². The number of aliphatic hydroxyl groups excluding tert-OH is 1. The first kappa shape index (κ1) is 90.5. The third-order valence-corrected chi connectivity index (χ3v) is 18.6. The van der Waals surface area contributed by atoms with Crippen LogP contribution in [0.2, 0.25) is 0 Å². The molecular formula is C74H140O17P2. The van der Waals surface area contributed by atoms with Crippen LogP contribution < -0.4 is 0 Å². The van der Waals surface area contributed by atoms with Crippen LogP contribution in [-0.4, -0.2) is 96.7 Å². The number of phosphoric acid groups is 2. The van der Waals surface area contributed by atoms with Gasteiger partial charge in [0.05, 0.1) is 26.4 Å². The number of phosphoric ester groups is 2. The molecule has 0 amide bonds. The van der Waals surface area contributed by atoms with Crippen LogP contribution in [0, 0.1) is 0 Å². The van der Waals surface area contributed by atoms with Gasteiger partial charge < -0.3 is 33.8 Å². The van der Waals surface area contributed by atoms with Crippen LogP contribution in [0.3, 0.4) is 0 Å². The van der Waals surface area contributed by atoms with Crippen LogP contribution in [0.4, 0.5) is 0 Å². The van der Waals surface area contributed by atoms with E-state index in [1.165, 1.54) is 173 Å². The first-order valence-electron chi connectivity index (χ1n) is 38.1. The van der Waals surface area contributed by atoms with Gasteiger partial charge >= 0.3 is 39.5 Å². The number of hydrogen-bond donors (Lipinski definition) is 3. The zero-order valence-electron chi connectivity index (χ0n) is 59.7. The largest absolute Gasteiger partial charge is 0.472 e. The second-order valence-electron chi connectivity index (χ2n) is 26.0. The maximum atomic E-state index is 13.1. The van der Waals surface area contributed by atoms with E-state index in [1.807, 2.05) is 0 Å². The van der Waals surface area contributed by atoms with Gasteiger partial charge in [-0.3, -0.25) is 37.3 Å². The minimum atomic E-state index is -4.96. The van der Waals surface area contributed by atoms with Crippen molar-refractivity contribution in [2.75, 3.05) is 39.6 Å². The standard InChI is InChI=1S/C74H140O17P2/c1-5-9-13-17-21-25-28-30-32-33-34-35-37-39-42-45-49-53-57-61-74(79)91-70(65-85-72(77)59-55-51-47-43-41-38-36-31-29-26-22-18-14-10-6-2)67-89-93(82,83)87-63-68(75)62-86-92(80,81)88-66-69(64-84-71(76)58-54-50-46-24-20-16-12-8-4)90-73(78)60-56-52-48-44-40-27-23-19-15-11-7-3/h26,29,31,36,68-70,75H,5-25,27-28,30,32-35,37-67H2,1-4H3,(H,80,81)(H,82,83)/b29-26-,36-31-/t68-,69+,70+/m0/s1. The molecule has 0 spiro atoms. The molecule has 17 nitrogen and oxygen atoms in total. The molecule has 548 valence electrons. The van der Waals surface area contributed by atoms with E-state index in [1.54, 1.807) is 0 Å². The number of ether oxygens (including phenoxy) is 4. The molecule has 0 aromatic rings. The van der Waals surface area contributed by atoms with Gasteiger partial charge in [0, 0.05) is 25.7 Å². The molecule has 0 rings (SSSR count). The Hall–Kier alpha value is -2.46. The zero-order chi connectivity index (χ0) is 68.2. The van der Waals surface area contributed by atoms with Crippen LogP contribution in [0.1, 0.15) is 368 Å². The number of rotatable bonds is 73. The minimum Gasteiger partial charge on any atom is -0.462 e. The van der Waals surface area contributed by atoms with Crippen molar-refractivity contribution in [2.24, 2.45) is 0 Å². The summed E-state index contributed by atoms with van der Waals surface area (Å²) in [5.74, 6) is -2.15. The summed E-state index contributed by atoms with van der Waals surface area (Å²) >= 11 is 0. The van der Waals surface area contributed by atoms with Crippen LogP contribution in [-0.2, 0) is 65.4 Å². The number of carbonyl (C=O) groups excluding carboxylic acids is 4. The van der Waals surface area contributed by atoms with Gasteiger partial charge in [-0.05, 0) is 51.4 Å². The second kappa shape index (κ2) is 68.1. The molecular weight excluding hydrogens is 1220 g/mol. The van der Waals surface area contributed by atoms with E-state index in [4.69, 9.17) is 37.0 Å². The lowest BCUT2D eigenvalue weighted by Gasteiger charge is -2.21. The Bertz CT molecular complexity index is 1870. The van der Waals surface area contributed by atoms with E-state index in [-0.39, 0.29) is 25.7 Å². The van der Waals surface area contributed by atoms with Crippen LogP contribution in [0.15, 0.2) is 24.3 Å². The van der Waals surface area contributed by atoms with Gasteiger partial charge in [-0.1, -0.05) is 315 Å². The van der Waals surface area contributed by atoms with Gasteiger partial charge in [-0.15, -0.1) is 0 Å². The summed E-state index contributed by atoms with van der Waals surface area (Å²) in [5, 5.41) is 10.6. The molecule has 0 fully saturated rings. The van der Waals surface area contributed by atoms with Crippen LogP contribution >= 0.6 is 15.6 Å². The molecule has 0 saturated carbocycles. The average Bonchev–Trinajstić information content (AvgIpc) is 3.41. The maximum absolute atomic E-state index is 13.1. The third-order valence-electron chi connectivity index (χ3n) is 16.7. The van der Waals surface area contributed by atoms with Crippen molar-refractivity contribution in [3.8, 4) is 0 Å². The smallest absolute Gasteiger partial charge is 0.462 e. The lowest BCUT2D eigenvalue weighted by molar-refractivity contribution is -0.161. The van der Waals surface area contributed by atoms with E-state index < -0.39 is 97.5 Å². The summed E-state index contributed by atoms with van der Waals surface area (Å²) in [5.41, 5.74) is 0. The molecule has 3 N–H and O–H groups in total. The predicted molar refractivity (Wildman–Crippen MR) is 377 cm³/mol. The topological polar surface area (TPSA) is 237 Å². The molecule has 0 bridgehead atoms. The minimum absolute atomic E-state index is 0.102. The fourth-order valence-corrected chi connectivity index (χ4v) is 12.4. The molecule has 0 radical (unpaired) electrons. The van der Waals surface area contributed by atoms with Crippen molar-refractivity contribution in [3.63, 3.8) is 0 Å². The maximum Gasteiger partial charge on any atom is 0.472 e. The first-order chi connectivity index (χ1) is 45.2. The Morgan fingerprint density at radius 2 is 0.516 bits per heavy atom. The van der Waals surface area contributed by atoms with E-state index >= 15 is 0 Å². The van der Waals surface area contributed by atoms with Gasteiger partial charge in [0.15, 0.2) is 12.2 Å². The molecule has 0 saturated heterocycles. The first-order valence-corrected chi connectivity index (χ1v) is 41.1. The molecule has 0 aromatic heterocycles. The Labute approximate surface area is 567 Å². The summed E-state index contributed by atoms with van der Waals surface area (Å²) in [4.78, 5) is 72.6. The number of esters is 4. The molecule has 0 aromatic carbocycles. The molecule has 5 atom stereocenters. The molecule has 19 heteroatoms. The molecule has 0 aliphatic carbocycles. The van der Waals surface area contributed by atoms with Crippen molar-refractivity contribution >= 4 is 39.5 Å². The summed E-state index contributed by atoms with van der Waals surface area (Å²) in [6.07, 6.45) is 60.5. The fraction of sp³-hybridized carbons (Fsp3) is 0.892. The highest BCUT2D eigenvalue weighted by atomic mass is 31.2. The molecule has 0 aliphatic rings. The van der Waals surface area contributed by atoms with E-state index in [0.29, 0.717) is 25.7 Å². The summed E-state index contributed by atoms with van der Waals surface area (Å²) in [6, 6.07) is 0. The molecule has 0 aliphatic heterocycles. The number of carbonyl (C=O) groups is 4. The number of allylic oxidation sites excluding steroid dienone is 4. The number of aliphatic hydroxyl groups is 1. The average molecular weight is 1360 g/mol. The number of unbranched alkanes of at least 4 members (excludes halogenated alkanes) is 44. The third kappa shape index (κ3) is 67.9. The summed E-state index contributed by atoms with van der Waals surface area (Å²) in [6.45, 7) is 4.88. The predicted octanol–water partition coefficient (Wildman–Crippen LogP) is 21.4. The second-order valence-corrected chi connectivity index (χ2v) is 28.9. The molecule has 0 heterocycles. The normalized spacial score (nSPS) is 14.1. The van der Waals surface area contributed by atoms with Gasteiger partial charge in [-0.25, -0.2) is 9.13 Å². The Kier molecular flexibility index (Phi) is 66.3. The Balaban J connectivity index is 5.23.